The highest BCUT2D eigenvalue weighted by Gasteiger charge is 2.43. The fraction of sp³-hybridized carbons (Fsp3) is 0.130. The van der Waals surface area contributed by atoms with E-state index in [-0.39, 0.29) is 35.5 Å². The molecule has 1 unspecified atom stereocenters. The Bertz CT molecular complexity index is 1220. The van der Waals surface area contributed by atoms with Gasteiger partial charge in [0.25, 0.3) is 0 Å². The average molecular weight is 439 g/mol. The molecule has 0 radical (unpaired) electrons. The first kappa shape index (κ1) is 19.9. The second-order valence-corrected chi connectivity index (χ2v) is 7.30. The summed E-state index contributed by atoms with van der Waals surface area (Å²) in [6.45, 7) is 0.183. The normalized spacial score (nSPS) is 18.4. The molecule has 0 saturated heterocycles. The van der Waals surface area contributed by atoms with Crippen LogP contribution in [-0.4, -0.2) is 29.6 Å². The van der Waals surface area contributed by atoms with Crippen molar-refractivity contribution in [1.82, 2.24) is 5.01 Å². The standard InChI is InChI=1S/C23H16F3N3O3/c24-16-8-4-7-15(11-16)18-13-29(28-21(18)14-5-2-1-3-6-14)22(30)27-17-9-10-19-20(12-17)32-23(25,26)31-19/h1-12,18H,13H2,(H,27,30). The van der Waals surface area contributed by atoms with Gasteiger partial charge in [0, 0.05) is 17.7 Å². The molecule has 0 aromatic heterocycles. The Morgan fingerprint density at radius 2 is 1.78 bits per heavy atom. The lowest BCUT2D eigenvalue weighted by atomic mass is 9.90. The molecule has 1 atom stereocenters. The SMILES string of the molecule is O=C(Nc1ccc2c(c1)OC(F)(F)O2)N1CC(c2cccc(F)c2)C(c2ccccc2)=N1. The smallest absolute Gasteiger partial charge is 0.395 e. The Kier molecular flexibility index (Phi) is 4.73. The van der Waals surface area contributed by atoms with Gasteiger partial charge >= 0.3 is 12.3 Å². The van der Waals surface area contributed by atoms with Crippen molar-refractivity contribution in [3.05, 3.63) is 89.7 Å². The molecular formula is C23H16F3N3O3. The summed E-state index contributed by atoms with van der Waals surface area (Å²) < 4.78 is 49.1. The van der Waals surface area contributed by atoms with Gasteiger partial charge in [0.05, 0.1) is 12.3 Å². The monoisotopic (exact) mass is 439 g/mol. The number of nitrogens with zero attached hydrogens (tertiary/aromatic N) is 2. The van der Waals surface area contributed by atoms with Crippen molar-refractivity contribution in [2.75, 3.05) is 11.9 Å². The van der Waals surface area contributed by atoms with E-state index in [0.717, 1.165) is 5.56 Å². The number of rotatable bonds is 3. The van der Waals surface area contributed by atoms with E-state index >= 15 is 0 Å². The van der Waals surface area contributed by atoms with E-state index in [9.17, 15) is 18.0 Å². The molecular weight excluding hydrogens is 423 g/mol. The summed E-state index contributed by atoms with van der Waals surface area (Å²) >= 11 is 0. The third-order valence-corrected chi connectivity index (χ3v) is 5.12. The molecule has 0 fully saturated rings. The van der Waals surface area contributed by atoms with Gasteiger partial charge in [-0.3, -0.25) is 0 Å². The number of fused-ring (bicyclic) bond motifs is 1. The number of alkyl halides is 2. The summed E-state index contributed by atoms with van der Waals surface area (Å²) in [4.78, 5) is 12.9. The van der Waals surface area contributed by atoms with Gasteiger partial charge in [-0.1, -0.05) is 42.5 Å². The minimum atomic E-state index is -3.74. The van der Waals surface area contributed by atoms with E-state index in [1.165, 1.54) is 35.3 Å². The maximum atomic E-state index is 13.8. The van der Waals surface area contributed by atoms with Crippen molar-refractivity contribution in [2.24, 2.45) is 5.10 Å². The van der Waals surface area contributed by atoms with Gasteiger partial charge < -0.3 is 14.8 Å². The van der Waals surface area contributed by atoms with Crippen molar-refractivity contribution in [1.29, 1.82) is 0 Å². The van der Waals surface area contributed by atoms with Gasteiger partial charge in [-0.05, 0) is 35.4 Å². The predicted molar refractivity (Wildman–Crippen MR) is 110 cm³/mol. The van der Waals surface area contributed by atoms with Crippen molar-refractivity contribution >= 4 is 17.4 Å². The molecule has 0 aliphatic carbocycles. The van der Waals surface area contributed by atoms with E-state index < -0.39 is 12.3 Å². The molecule has 3 aromatic rings. The van der Waals surface area contributed by atoms with Crippen LogP contribution >= 0.6 is 0 Å². The van der Waals surface area contributed by atoms with E-state index in [0.29, 0.717) is 11.3 Å². The fourth-order valence-electron chi connectivity index (χ4n) is 3.70. The number of anilines is 1. The number of carbonyl (C=O) groups is 1. The number of benzene rings is 3. The van der Waals surface area contributed by atoms with Crippen LogP contribution in [0, 0.1) is 5.82 Å². The minimum Gasteiger partial charge on any atom is -0.395 e. The third-order valence-electron chi connectivity index (χ3n) is 5.12. The zero-order valence-electron chi connectivity index (χ0n) is 16.5. The van der Waals surface area contributed by atoms with Crippen molar-refractivity contribution < 1.29 is 27.4 Å². The van der Waals surface area contributed by atoms with Crippen LogP contribution in [0.3, 0.4) is 0 Å². The van der Waals surface area contributed by atoms with Gasteiger partial charge in [-0.15, -0.1) is 8.78 Å². The van der Waals surface area contributed by atoms with Crippen LogP contribution in [0.15, 0.2) is 77.9 Å². The van der Waals surface area contributed by atoms with Gasteiger partial charge in [-0.25, -0.2) is 14.2 Å². The molecule has 32 heavy (non-hydrogen) atoms. The Morgan fingerprint density at radius 1 is 1.00 bits per heavy atom. The minimum absolute atomic E-state index is 0.121. The van der Waals surface area contributed by atoms with Crippen LogP contribution in [0.5, 0.6) is 11.5 Å². The van der Waals surface area contributed by atoms with Crippen LogP contribution in [0.2, 0.25) is 0 Å². The van der Waals surface area contributed by atoms with Gasteiger partial charge in [0.15, 0.2) is 11.5 Å². The summed E-state index contributed by atoms with van der Waals surface area (Å²) in [5, 5.41) is 8.33. The van der Waals surface area contributed by atoms with Gasteiger partial charge in [0.1, 0.15) is 5.82 Å². The maximum absolute atomic E-state index is 13.8. The first-order valence-corrected chi connectivity index (χ1v) is 9.76. The van der Waals surface area contributed by atoms with Crippen molar-refractivity contribution in [3.63, 3.8) is 0 Å². The van der Waals surface area contributed by atoms with Crippen molar-refractivity contribution in [3.8, 4) is 11.5 Å². The summed E-state index contributed by atoms with van der Waals surface area (Å²) in [7, 11) is 0. The highest BCUT2D eigenvalue weighted by Crippen LogP contribution is 2.42. The molecule has 3 aromatic carbocycles. The van der Waals surface area contributed by atoms with Gasteiger partial charge in [-0.2, -0.15) is 5.10 Å². The molecule has 6 nitrogen and oxygen atoms in total. The number of hydrogen-bond donors (Lipinski definition) is 1. The molecule has 2 aliphatic rings. The van der Waals surface area contributed by atoms with Crippen LogP contribution in [0.4, 0.5) is 23.7 Å². The second kappa shape index (κ2) is 7.60. The van der Waals surface area contributed by atoms with Crippen LogP contribution in [0.1, 0.15) is 17.0 Å². The summed E-state index contributed by atoms with van der Waals surface area (Å²) in [6.07, 6.45) is -3.74. The van der Waals surface area contributed by atoms with Crippen molar-refractivity contribution in [2.45, 2.75) is 12.2 Å². The van der Waals surface area contributed by atoms with Crippen LogP contribution in [-0.2, 0) is 0 Å². The molecule has 162 valence electrons. The van der Waals surface area contributed by atoms with E-state index in [4.69, 9.17) is 0 Å². The van der Waals surface area contributed by atoms with Crippen LogP contribution in [0.25, 0.3) is 0 Å². The molecule has 9 heteroatoms. The number of ether oxygens (including phenoxy) is 2. The average Bonchev–Trinajstić information content (AvgIpc) is 3.34. The molecule has 0 bridgehead atoms. The molecule has 1 N–H and O–H groups in total. The predicted octanol–water partition coefficient (Wildman–Crippen LogP) is 5.18. The van der Waals surface area contributed by atoms with E-state index in [1.807, 2.05) is 30.3 Å². The van der Waals surface area contributed by atoms with Gasteiger partial charge in [0.2, 0.25) is 0 Å². The quantitative estimate of drug-likeness (QED) is 0.612. The molecule has 5 rings (SSSR count). The largest absolute Gasteiger partial charge is 0.586 e. The lowest BCUT2D eigenvalue weighted by molar-refractivity contribution is -0.286. The number of halogens is 3. The van der Waals surface area contributed by atoms with E-state index in [1.54, 1.807) is 12.1 Å². The lowest BCUT2D eigenvalue weighted by Crippen LogP contribution is -2.30. The first-order chi connectivity index (χ1) is 15.4. The number of carbonyl (C=O) groups excluding carboxylic acids is 1. The highest BCUT2D eigenvalue weighted by molar-refractivity contribution is 6.07. The molecule has 2 amide bonds. The number of hydrogen-bond acceptors (Lipinski definition) is 4. The Morgan fingerprint density at radius 3 is 2.56 bits per heavy atom. The molecule has 0 spiro atoms. The number of urea groups is 1. The molecule has 2 heterocycles. The summed E-state index contributed by atoms with van der Waals surface area (Å²) in [5.41, 5.74) is 2.35. The molecule has 0 saturated carbocycles. The first-order valence-electron chi connectivity index (χ1n) is 9.76. The second-order valence-electron chi connectivity index (χ2n) is 7.30. The third kappa shape index (κ3) is 3.84. The zero-order chi connectivity index (χ0) is 22.3. The lowest BCUT2D eigenvalue weighted by Gasteiger charge is -2.16. The van der Waals surface area contributed by atoms with Crippen LogP contribution < -0.4 is 14.8 Å². The number of amides is 2. The topological polar surface area (TPSA) is 63.2 Å². The maximum Gasteiger partial charge on any atom is 0.586 e. The van der Waals surface area contributed by atoms with E-state index in [2.05, 4.69) is 19.9 Å². The summed E-state index contributed by atoms with van der Waals surface area (Å²) in [5.74, 6) is -1.02. The zero-order valence-corrected chi connectivity index (χ0v) is 16.5. The molecule has 2 aliphatic heterocycles. The summed E-state index contributed by atoms with van der Waals surface area (Å²) in [6, 6.07) is 18.8. The Hall–Kier alpha value is -4.01. The Labute approximate surface area is 180 Å². The Balaban J connectivity index is 1.40. The highest BCUT2D eigenvalue weighted by atomic mass is 19.3. The number of nitrogens with one attached hydrogen (secondary N) is 1. The fourth-order valence-corrected chi connectivity index (χ4v) is 3.70. The number of hydrazone groups is 1.